The van der Waals surface area contributed by atoms with Crippen molar-refractivity contribution in [3.8, 4) is 5.75 Å². The summed E-state index contributed by atoms with van der Waals surface area (Å²) >= 11 is 1.55. The Bertz CT molecular complexity index is 827. The fraction of sp³-hybridized carbons (Fsp3) is 0.316. The van der Waals surface area contributed by atoms with Crippen molar-refractivity contribution in [2.45, 2.75) is 26.2 Å². The number of ether oxygens (including phenoxy) is 1. The zero-order chi connectivity index (χ0) is 18.5. The van der Waals surface area contributed by atoms with E-state index in [1.807, 2.05) is 6.07 Å². The molecule has 0 radical (unpaired) electrons. The Morgan fingerprint density at radius 1 is 1.38 bits per heavy atom. The lowest BCUT2D eigenvalue weighted by molar-refractivity contribution is -0.307. The molecule has 2 aromatic rings. The molecule has 3 rings (SSSR count). The number of aliphatic carboxylic acids is 1. The molecule has 1 aromatic carbocycles. The molecule has 0 fully saturated rings. The fourth-order valence-electron chi connectivity index (χ4n) is 2.83. The largest absolute Gasteiger partial charge is 0.546 e. The standard InChI is InChI=1S/C19H20N2O4S/c1-12-2-7-16-14(8-12)9-17(26-16)19(24)21-20-10-13-3-5-15(6-4-13)25-11-18(22)23/h3-6,9-10,12H,2,7-8,11H2,1H3,(H,21,24)(H,22,23)/p-1/b20-10-/t12-/m1/s1. The molecule has 1 N–H and O–H groups in total. The maximum Gasteiger partial charge on any atom is 0.281 e. The van der Waals surface area contributed by atoms with Gasteiger partial charge in [0.2, 0.25) is 0 Å². The van der Waals surface area contributed by atoms with Crippen LogP contribution < -0.4 is 15.3 Å². The van der Waals surface area contributed by atoms with Gasteiger partial charge in [0.1, 0.15) is 12.4 Å². The zero-order valence-electron chi connectivity index (χ0n) is 14.4. The molecule has 26 heavy (non-hydrogen) atoms. The lowest BCUT2D eigenvalue weighted by Crippen LogP contribution is -2.28. The molecule has 0 saturated carbocycles. The number of nitrogens with zero attached hydrogens (tertiary/aromatic N) is 1. The first kappa shape index (κ1) is 18.1. The van der Waals surface area contributed by atoms with Crippen LogP contribution in [0.25, 0.3) is 0 Å². The highest BCUT2D eigenvalue weighted by Gasteiger charge is 2.20. The van der Waals surface area contributed by atoms with Crippen molar-refractivity contribution in [1.82, 2.24) is 5.43 Å². The molecule has 1 amide bonds. The number of carboxylic acid groups (broad SMARTS) is 1. The van der Waals surface area contributed by atoms with Crippen molar-refractivity contribution in [1.29, 1.82) is 0 Å². The first-order chi connectivity index (χ1) is 12.5. The number of hydrogen-bond acceptors (Lipinski definition) is 6. The second kappa shape index (κ2) is 8.14. The van der Waals surface area contributed by atoms with Crippen molar-refractivity contribution < 1.29 is 19.4 Å². The number of fused-ring (bicyclic) bond motifs is 1. The van der Waals surface area contributed by atoms with Gasteiger partial charge in [0.15, 0.2) is 0 Å². The summed E-state index contributed by atoms with van der Waals surface area (Å²) in [5.41, 5.74) is 4.59. The van der Waals surface area contributed by atoms with E-state index in [-0.39, 0.29) is 5.91 Å². The fourth-order valence-corrected chi connectivity index (χ4v) is 3.93. The number of benzene rings is 1. The van der Waals surface area contributed by atoms with E-state index in [1.165, 1.54) is 23.1 Å². The number of carbonyl (C=O) groups excluding carboxylic acids is 2. The van der Waals surface area contributed by atoms with Crippen LogP contribution in [0.5, 0.6) is 5.75 Å². The summed E-state index contributed by atoms with van der Waals surface area (Å²) in [4.78, 5) is 24.6. The van der Waals surface area contributed by atoms with Gasteiger partial charge in [0, 0.05) is 4.88 Å². The van der Waals surface area contributed by atoms with Gasteiger partial charge in [-0.3, -0.25) is 4.79 Å². The van der Waals surface area contributed by atoms with E-state index in [0.29, 0.717) is 16.5 Å². The van der Waals surface area contributed by atoms with Crippen molar-refractivity contribution in [3.05, 3.63) is 51.2 Å². The molecular formula is C19H19N2O4S-. The number of hydrazone groups is 1. The van der Waals surface area contributed by atoms with Crippen LogP contribution in [0, 0.1) is 5.92 Å². The van der Waals surface area contributed by atoms with Gasteiger partial charge in [-0.25, -0.2) is 5.43 Å². The summed E-state index contributed by atoms with van der Waals surface area (Å²) in [5, 5.41) is 14.3. The second-order valence-electron chi connectivity index (χ2n) is 6.34. The number of hydrogen-bond donors (Lipinski definition) is 1. The van der Waals surface area contributed by atoms with E-state index in [2.05, 4.69) is 17.5 Å². The summed E-state index contributed by atoms with van der Waals surface area (Å²) < 4.78 is 5.00. The lowest BCUT2D eigenvalue weighted by Gasteiger charge is -2.16. The topological polar surface area (TPSA) is 90.8 Å². The third-order valence-electron chi connectivity index (χ3n) is 4.17. The highest BCUT2D eigenvalue weighted by molar-refractivity contribution is 7.14. The molecule has 6 nitrogen and oxygen atoms in total. The highest BCUT2D eigenvalue weighted by atomic mass is 32.1. The molecule has 7 heteroatoms. The summed E-state index contributed by atoms with van der Waals surface area (Å²) in [7, 11) is 0. The Labute approximate surface area is 155 Å². The van der Waals surface area contributed by atoms with E-state index in [4.69, 9.17) is 4.74 Å². The van der Waals surface area contributed by atoms with Gasteiger partial charge in [0.25, 0.3) is 5.91 Å². The summed E-state index contributed by atoms with van der Waals surface area (Å²) in [6, 6.07) is 8.65. The summed E-state index contributed by atoms with van der Waals surface area (Å²) in [6.07, 6.45) is 4.78. The van der Waals surface area contributed by atoms with E-state index in [1.54, 1.807) is 35.6 Å². The minimum Gasteiger partial charge on any atom is -0.546 e. The number of rotatable bonds is 6. The average Bonchev–Trinajstić information content (AvgIpc) is 3.04. The number of thiophene rings is 1. The van der Waals surface area contributed by atoms with Crippen LogP contribution in [0.4, 0.5) is 0 Å². The van der Waals surface area contributed by atoms with Gasteiger partial charge >= 0.3 is 0 Å². The SMILES string of the molecule is C[C@@H]1CCc2sc(C(=O)N/N=C\c3ccc(OCC(=O)[O-])cc3)cc2C1. The monoisotopic (exact) mass is 371 g/mol. The minimum atomic E-state index is -1.27. The van der Waals surface area contributed by atoms with Gasteiger partial charge in [-0.2, -0.15) is 5.10 Å². The van der Waals surface area contributed by atoms with Crippen LogP contribution >= 0.6 is 11.3 Å². The zero-order valence-corrected chi connectivity index (χ0v) is 15.2. The predicted octanol–water partition coefficient (Wildman–Crippen LogP) is 1.77. The molecule has 1 aromatic heterocycles. The molecule has 1 aliphatic rings. The van der Waals surface area contributed by atoms with Crippen molar-refractivity contribution >= 4 is 29.4 Å². The van der Waals surface area contributed by atoms with Gasteiger partial charge in [-0.05, 0) is 66.6 Å². The van der Waals surface area contributed by atoms with Gasteiger partial charge in [-0.15, -0.1) is 11.3 Å². The highest BCUT2D eigenvalue weighted by Crippen LogP contribution is 2.32. The number of amides is 1. The average molecular weight is 371 g/mol. The first-order valence-corrected chi connectivity index (χ1v) is 9.20. The van der Waals surface area contributed by atoms with Crippen molar-refractivity contribution in [3.63, 3.8) is 0 Å². The second-order valence-corrected chi connectivity index (χ2v) is 7.47. The number of aryl methyl sites for hydroxylation is 1. The predicted molar refractivity (Wildman–Crippen MR) is 97.5 cm³/mol. The van der Waals surface area contributed by atoms with E-state index in [9.17, 15) is 14.7 Å². The number of nitrogens with one attached hydrogen (secondary N) is 1. The molecular weight excluding hydrogens is 352 g/mol. The number of carboxylic acids is 1. The lowest BCUT2D eigenvalue weighted by atomic mass is 9.90. The molecule has 0 spiro atoms. The minimum absolute atomic E-state index is 0.206. The van der Waals surface area contributed by atoms with Crippen LogP contribution in [0.15, 0.2) is 35.4 Å². The van der Waals surface area contributed by atoms with Crippen LogP contribution in [0.2, 0.25) is 0 Å². The number of carbonyl (C=O) groups is 2. The van der Waals surface area contributed by atoms with Gasteiger partial charge in [-0.1, -0.05) is 6.92 Å². The van der Waals surface area contributed by atoms with Crippen molar-refractivity contribution in [2.75, 3.05) is 6.61 Å². The summed E-state index contributed by atoms with van der Waals surface area (Å²) in [6.45, 7) is 1.74. The maximum atomic E-state index is 12.2. The quantitative estimate of drug-likeness (QED) is 0.619. The van der Waals surface area contributed by atoms with Crippen LogP contribution in [-0.2, 0) is 17.6 Å². The van der Waals surface area contributed by atoms with E-state index >= 15 is 0 Å². The Kier molecular flexibility index (Phi) is 5.68. The Morgan fingerprint density at radius 2 is 2.15 bits per heavy atom. The van der Waals surface area contributed by atoms with Crippen LogP contribution in [0.3, 0.4) is 0 Å². The molecule has 0 aliphatic heterocycles. The normalized spacial score (nSPS) is 16.3. The van der Waals surface area contributed by atoms with Gasteiger partial charge < -0.3 is 14.6 Å². The first-order valence-electron chi connectivity index (χ1n) is 8.39. The third kappa shape index (κ3) is 4.70. The van der Waals surface area contributed by atoms with E-state index < -0.39 is 12.6 Å². The molecule has 0 unspecified atom stereocenters. The van der Waals surface area contributed by atoms with E-state index in [0.717, 1.165) is 18.4 Å². The van der Waals surface area contributed by atoms with Crippen molar-refractivity contribution in [2.24, 2.45) is 11.0 Å². The molecule has 1 atom stereocenters. The Morgan fingerprint density at radius 3 is 2.88 bits per heavy atom. The Hall–Kier alpha value is -2.67. The molecule has 1 aliphatic carbocycles. The maximum absolute atomic E-state index is 12.2. The molecule has 1 heterocycles. The third-order valence-corrected chi connectivity index (χ3v) is 5.41. The van der Waals surface area contributed by atoms with Gasteiger partial charge in [0.05, 0.1) is 17.1 Å². The smallest absolute Gasteiger partial charge is 0.281 e. The van der Waals surface area contributed by atoms with Crippen LogP contribution in [-0.4, -0.2) is 24.7 Å². The van der Waals surface area contributed by atoms with Crippen LogP contribution in [0.1, 0.15) is 39.0 Å². The summed E-state index contributed by atoms with van der Waals surface area (Å²) in [5.74, 6) is -0.385. The molecule has 0 bridgehead atoms. The Balaban J connectivity index is 1.55. The molecule has 0 saturated heterocycles. The molecule has 136 valence electrons.